The topological polar surface area (TPSA) is 96.7 Å². The molecule has 3 aromatic rings. The highest BCUT2D eigenvalue weighted by molar-refractivity contribution is 6.03. The highest BCUT2D eigenvalue weighted by atomic mass is 19.1. The number of nitrogens with zero attached hydrogens (tertiary/aromatic N) is 1. The van der Waals surface area contributed by atoms with Crippen LogP contribution < -0.4 is 21.1 Å². The maximum atomic E-state index is 13.2. The largest absolute Gasteiger partial charge is 0.497 e. The third kappa shape index (κ3) is 6.74. The number of ether oxygens (including phenoxy) is 1. The molecule has 0 aromatic heterocycles. The Morgan fingerprint density at radius 3 is 2.43 bits per heavy atom. The lowest BCUT2D eigenvalue weighted by Gasteiger charge is -2.19. The number of nitrogens with one attached hydrogen (secondary N) is 2. The van der Waals surface area contributed by atoms with Gasteiger partial charge in [-0.1, -0.05) is 36.4 Å². The predicted octanol–water partition coefficient (Wildman–Crippen LogP) is 4.55. The van der Waals surface area contributed by atoms with Crippen LogP contribution in [0.15, 0.2) is 78.9 Å². The Kier molecular flexibility index (Phi) is 8.53. The third-order valence-corrected chi connectivity index (χ3v) is 6.50. The zero-order chi connectivity index (χ0) is 26.2. The second kappa shape index (κ2) is 12.2. The fourth-order valence-electron chi connectivity index (χ4n) is 4.51. The minimum absolute atomic E-state index is 0.0767. The van der Waals surface area contributed by atoms with E-state index in [-0.39, 0.29) is 23.7 Å². The molecule has 2 amide bonds. The Hall–Kier alpha value is -4.17. The van der Waals surface area contributed by atoms with Gasteiger partial charge in [-0.25, -0.2) is 4.39 Å². The van der Waals surface area contributed by atoms with Crippen molar-refractivity contribution in [2.75, 3.05) is 49.8 Å². The maximum absolute atomic E-state index is 13.2. The number of carbonyl (C=O) groups is 2. The van der Waals surface area contributed by atoms with E-state index >= 15 is 0 Å². The van der Waals surface area contributed by atoms with E-state index in [1.54, 1.807) is 61.7 Å². The van der Waals surface area contributed by atoms with Gasteiger partial charge in [0.15, 0.2) is 0 Å². The van der Waals surface area contributed by atoms with E-state index in [0.717, 1.165) is 11.1 Å². The third-order valence-electron chi connectivity index (χ3n) is 6.50. The lowest BCUT2D eigenvalue weighted by atomic mass is 9.88. The zero-order valence-corrected chi connectivity index (χ0v) is 20.7. The minimum Gasteiger partial charge on any atom is -0.497 e. The van der Waals surface area contributed by atoms with Crippen molar-refractivity contribution in [3.05, 3.63) is 90.0 Å². The van der Waals surface area contributed by atoms with Crippen LogP contribution in [0, 0.1) is 5.92 Å². The van der Waals surface area contributed by atoms with Crippen molar-refractivity contribution in [1.82, 2.24) is 4.90 Å². The molecule has 192 valence electrons. The molecule has 1 aliphatic rings. The van der Waals surface area contributed by atoms with Gasteiger partial charge < -0.3 is 21.1 Å². The van der Waals surface area contributed by atoms with Gasteiger partial charge in [-0.2, -0.15) is 0 Å². The summed E-state index contributed by atoms with van der Waals surface area (Å²) in [6.07, 6.45) is 3.17. The molecule has 1 saturated heterocycles. The first-order valence-electron chi connectivity index (χ1n) is 12.1. The van der Waals surface area contributed by atoms with Crippen molar-refractivity contribution in [3.63, 3.8) is 0 Å². The Balaban J connectivity index is 1.43. The van der Waals surface area contributed by atoms with E-state index in [9.17, 15) is 14.0 Å². The van der Waals surface area contributed by atoms with Crippen LogP contribution in [0.4, 0.5) is 21.5 Å². The van der Waals surface area contributed by atoms with Gasteiger partial charge in [-0.05, 0) is 53.6 Å². The molecule has 7 nitrogen and oxygen atoms in total. The molecule has 4 rings (SSSR count). The predicted molar refractivity (Wildman–Crippen MR) is 145 cm³/mol. The molecule has 4 N–H and O–H groups in total. The van der Waals surface area contributed by atoms with Gasteiger partial charge in [-0.3, -0.25) is 14.5 Å². The molecular weight excluding hydrogens is 471 g/mol. The van der Waals surface area contributed by atoms with E-state index in [0.29, 0.717) is 42.4 Å². The molecule has 1 aliphatic heterocycles. The molecule has 0 saturated carbocycles. The first-order chi connectivity index (χ1) is 18.0. The summed E-state index contributed by atoms with van der Waals surface area (Å²) in [5.41, 5.74) is 9.46. The molecule has 0 aliphatic carbocycles. The van der Waals surface area contributed by atoms with Crippen LogP contribution in [0.2, 0.25) is 0 Å². The van der Waals surface area contributed by atoms with Crippen molar-refractivity contribution in [2.24, 2.45) is 5.92 Å². The van der Waals surface area contributed by atoms with Gasteiger partial charge in [0.25, 0.3) is 0 Å². The quantitative estimate of drug-likeness (QED) is 0.295. The van der Waals surface area contributed by atoms with E-state index in [1.165, 1.54) is 6.08 Å². The summed E-state index contributed by atoms with van der Waals surface area (Å²) in [4.78, 5) is 27.5. The summed E-state index contributed by atoms with van der Waals surface area (Å²) >= 11 is 0. The highest BCUT2D eigenvalue weighted by Crippen LogP contribution is 2.34. The molecule has 37 heavy (non-hydrogen) atoms. The average Bonchev–Trinajstić information content (AvgIpc) is 3.34. The number of nitrogen functional groups attached to an aromatic ring is 1. The van der Waals surface area contributed by atoms with Crippen LogP contribution in [0.3, 0.4) is 0 Å². The number of benzene rings is 3. The summed E-state index contributed by atoms with van der Waals surface area (Å²) in [6, 6.07) is 22.0. The number of rotatable bonds is 9. The van der Waals surface area contributed by atoms with Crippen LogP contribution in [0.5, 0.6) is 5.75 Å². The molecule has 8 heteroatoms. The lowest BCUT2D eigenvalue weighted by molar-refractivity contribution is -0.120. The monoisotopic (exact) mass is 502 g/mol. The number of alkyl halides is 1. The highest BCUT2D eigenvalue weighted by Gasteiger charge is 2.38. The Morgan fingerprint density at radius 2 is 1.76 bits per heavy atom. The molecule has 1 fully saturated rings. The first-order valence-corrected chi connectivity index (χ1v) is 12.1. The van der Waals surface area contributed by atoms with Gasteiger partial charge in [0.05, 0.1) is 24.4 Å². The Morgan fingerprint density at radius 1 is 1.03 bits per heavy atom. The van der Waals surface area contributed by atoms with Gasteiger partial charge in [-0.15, -0.1) is 0 Å². The van der Waals surface area contributed by atoms with Crippen molar-refractivity contribution < 1.29 is 18.7 Å². The van der Waals surface area contributed by atoms with Crippen molar-refractivity contribution >= 4 is 35.0 Å². The van der Waals surface area contributed by atoms with Crippen LogP contribution >= 0.6 is 0 Å². The lowest BCUT2D eigenvalue weighted by Crippen LogP contribution is -2.29. The SMILES string of the molecule is COc1ccc(NC(=O)C2CN(CCF)CC2c2ccc(C=CC(=O)Nc3ccccc3N)cc2)cc1. The molecule has 0 spiro atoms. The number of carbonyl (C=O) groups excluding carboxylic acids is 2. The maximum Gasteiger partial charge on any atom is 0.248 e. The molecule has 0 radical (unpaired) electrons. The van der Waals surface area contributed by atoms with E-state index < -0.39 is 6.67 Å². The first kappa shape index (κ1) is 25.9. The fourth-order valence-corrected chi connectivity index (χ4v) is 4.51. The second-order valence-electron chi connectivity index (χ2n) is 8.96. The van der Waals surface area contributed by atoms with E-state index in [4.69, 9.17) is 10.5 Å². The number of hydrogen-bond donors (Lipinski definition) is 3. The number of para-hydroxylation sites is 2. The summed E-state index contributed by atoms with van der Waals surface area (Å²) < 4.78 is 18.3. The van der Waals surface area contributed by atoms with Crippen LogP contribution in [0.1, 0.15) is 17.0 Å². The molecule has 2 atom stereocenters. The number of amides is 2. The number of hydrogen-bond acceptors (Lipinski definition) is 5. The van der Waals surface area contributed by atoms with Crippen molar-refractivity contribution in [1.29, 1.82) is 0 Å². The number of halogens is 1. The number of likely N-dealkylation sites (tertiary alicyclic amines) is 1. The summed E-state index contributed by atoms with van der Waals surface area (Å²) in [5, 5.41) is 5.75. The second-order valence-corrected chi connectivity index (χ2v) is 8.96. The molecule has 0 bridgehead atoms. The van der Waals surface area contributed by atoms with Crippen molar-refractivity contribution in [2.45, 2.75) is 5.92 Å². The van der Waals surface area contributed by atoms with Crippen molar-refractivity contribution in [3.8, 4) is 5.75 Å². The van der Waals surface area contributed by atoms with Crippen LogP contribution in [0.25, 0.3) is 6.08 Å². The van der Waals surface area contributed by atoms with E-state index in [2.05, 4.69) is 10.6 Å². The standard InChI is InChI=1S/C29H31FN4O3/c1-37-23-13-11-22(12-14-23)32-29(36)25-19-34(17-16-30)18-24(25)21-9-6-20(7-10-21)8-15-28(35)33-27-5-3-2-4-26(27)31/h2-15,24-25H,16-19,31H2,1H3,(H,32,36)(H,33,35). The molecule has 1 heterocycles. The molecule has 3 aromatic carbocycles. The number of nitrogens with two attached hydrogens (primary N) is 1. The van der Waals surface area contributed by atoms with E-state index in [1.807, 2.05) is 29.2 Å². The van der Waals surface area contributed by atoms with Gasteiger partial charge in [0.2, 0.25) is 11.8 Å². The average molecular weight is 503 g/mol. The van der Waals surface area contributed by atoms with Crippen LogP contribution in [-0.4, -0.2) is 50.1 Å². The Bertz CT molecular complexity index is 1240. The zero-order valence-electron chi connectivity index (χ0n) is 20.7. The minimum atomic E-state index is -0.458. The van der Waals surface area contributed by atoms with Gasteiger partial charge in [0, 0.05) is 37.3 Å². The Labute approximate surface area is 216 Å². The fraction of sp³-hybridized carbons (Fsp3) is 0.241. The summed E-state index contributed by atoms with van der Waals surface area (Å²) in [5.74, 6) is -0.0710. The number of anilines is 3. The molecular formula is C29H31FN4O3. The van der Waals surface area contributed by atoms with Crippen LogP contribution in [-0.2, 0) is 9.59 Å². The van der Waals surface area contributed by atoms with Gasteiger partial charge >= 0.3 is 0 Å². The summed E-state index contributed by atoms with van der Waals surface area (Å²) in [6.45, 7) is 0.923. The normalized spacial score (nSPS) is 17.6. The summed E-state index contributed by atoms with van der Waals surface area (Å²) in [7, 11) is 1.59. The molecule has 2 unspecified atom stereocenters. The smallest absolute Gasteiger partial charge is 0.248 e. The number of methoxy groups -OCH3 is 1. The van der Waals surface area contributed by atoms with Gasteiger partial charge in [0.1, 0.15) is 12.4 Å².